The Morgan fingerprint density at radius 3 is 2.65 bits per heavy atom. The molecule has 106 valence electrons. The van der Waals surface area contributed by atoms with Gasteiger partial charge in [-0.1, -0.05) is 36.1 Å². The number of carbonyl (C=O) groups excluding carboxylic acids is 1. The van der Waals surface area contributed by atoms with Crippen molar-refractivity contribution in [3.05, 3.63) is 28.7 Å². The van der Waals surface area contributed by atoms with Gasteiger partial charge in [0.1, 0.15) is 4.32 Å². The number of rotatable bonds is 4. The van der Waals surface area contributed by atoms with Gasteiger partial charge in [0.2, 0.25) is 0 Å². The van der Waals surface area contributed by atoms with Crippen molar-refractivity contribution >= 4 is 40.3 Å². The van der Waals surface area contributed by atoms with Gasteiger partial charge in [0, 0.05) is 12.1 Å². The zero-order valence-electron chi connectivity index (χ0n) is 11.5. The fourth-order valence-corrected chi connectivity index (χ4v) is 3.31. The van der Waals surface area contributed by atoms with Crippen molar-refractivity contribution in [3.63, 3.8) is 0 Å². The summed E-state index contributed by atoms with van der Waals surface area (Å²) in [6, 6.07) is 5.54. The van der Waals surface area contributed by atoms with Crippen LogP contribution in [0.15, 0.2) is 23.1 Å². The minimum atomic E-state index is -0.0626. The Labute approximate surface area is 127 Å². The van der Waals surface area contributed by atoms with Crippen molar-refractivity contribution in [2.75, 3.05) is 20.8 Å². The standard InChI is InChI=1S/C14H15NO3S2/c1-4-15-13(16)11(20-14(15)19)8-9-6-5-7-10(17-2)12(9)18-3/h5-8H,4H2,1-3H3. The zero-order chi connectivity index (χ0) is 14.7. The highest BCUT2D eigenvalue weighted by molar-refractivity contribution is 8.26. The monoisotopic (exact) mass is 309 g/mol. The Balaban J connectivity index is 2.42. The van der Waals surface area contributed by atoms with E-state index in [1.807, 2.05) is 25.1 Å². The maximum absolute atomic E-state index is 12.2. The highest BCUT2D eigenvalue weighted by Gasteiger charge is 2.30. The Kier molecular flexibility index (Phi) is 4.67. The van der Waals surface area contributed by atoms with Crippen molar-refractivity contribution in [1.82, 2.24) is 4.90 Å². The van der Waals surface area contributed by atoms with Gasteiger partial charge in [-0.2, -0.15) is 0 Å². The van der Waals surface area contributed by atoms with Gasteiger partial charge >= 0.3 is 0 Å². The Bertz CT molecular complexity index is 584. The summed E-state index contributed by atoms with van der Waals surface area (Å²) < 4.78 is 11.2. The molecule has 0 bridgehead atoms. The Morgan fingerprint density at radius 1 is 1.35 bits per heavy atom. The quantitative estimate of drug-likeness (QED) is 0.631. The molecule has 0 N–H and O–H groups in total. The lowest BCUT2D eigenvalue weighted by atomic mass is 10.1. The third-order valence-electron chi connectivity index (χ3n) is 2.91. The molecule has 1 amide bonds. The van der Waals surface area contributed by atoms with E-state index < -0.39 is 0 Å². The van der Waals surface area contributed by atoms with Crippen LogP contribution in [0, 0.1) is 0 Å². The van der Waals surface area contributed by atoms with Crippen molar-refractivity contribution in [2.45, 2.75) is 6.92 Å². The highest BCUT2D eigenvalue weighted by Crippen LogP contribution is 2.37. The molecule has 1 heterocycles. The molecule has 0 atom stereocenters. The average molecular weight is 309 g/mol. The summed E-state index contributed by atoms with van der Waals surface area (Å²) in [5.41, 5.74) is 0.795. The number of amides is 1. The number of likely N-dealkylation sites (N-methyl/N-ethyl adjacent to an activating group) is 1. The van der Waals surface area contributed by atoms with Crippen LogP contribution in [0.2, 0.25) is 0 Å². The molecule has 1 aromatic rings. The molecule has 1 saturated heterocycles. The van der Waals surface area contributed by atoms with Crippen LogP contribution in [0.1, 0.15) is 12.5 Å². The first-order valence-electron chi connectivity index (χ1n) is 6.08. The molecular weight excluding hydrogens is 294 g/mol. The van der Waals surface area contributed by atoms with Crippen LogP contribution >= 0.6 is 24.0 Å². The summed E-state index contributed by atoms with van der Waals surface area (Å²) >= 11 is 6.50. The number of ether oxygens (including phenoxy) is 2. The highest BCUT2D eigenvalue weighted by atomic mass is 32.2. The molecule has 0 saturated carbocycles. The van der Waals surface area contributed by atoms with Gasteiger partial charge in [-0.05, 0) is 19.1 Å². The molecule has 1 fully saturated rings. The summed E-state index contributed by atoms with van der Waals surface area (Å²) in [6.45, 7) is 2.48. The molecule has 0 aromatic heterocycles. The fraction of sp³-hybridized carbons (Fsp3) is 0.286. The van der Waals surface area contributed by atoms with E-state index in [1.54, 1.807) is 25.2 Å². The molecule has 20 heavy (non-hydrogen) atoms. The van der Waals surface area contributed by atoms with Crippen LogP contribution in [0.4, 0.5) is 0 Å². The number of hydrogen-bond acceptors (Lipinski definition) is 5. The summed E-state index contributed by atoms with van der Waals surface area (Å²) in [4.78, 5) is 14.4. The summed E-state index contributed by atoms with van der Waals surface area (Å²) in [5, 5.41) is 0. The van der Waals surface area contributed by atoms with E-state index in [4.69, 9.17) is 21.7 Å². The third kappa shape index (κ3) is 2.66. The second kappa shape index (κ2) is 6.28. The third-order valence-corrected chi connectivity index (χ3v) is 4.29. The molecule has 0 spiro atoms. The largest absolute Gasteiger partial charge is 0.493 e. The van der Waals surface area contributed by atoms with Crippen LogP contribution in [-0.2, 0) is 4.79 Å². The van der Waals surface area contributed by atoms with Gasteiger partial charge in [0.25, 0.3) is 5.91 Å². The van der Waals surface area contributed by atoms with Crippen LogP contribution in [0.3, 0.4) is 0 Å². The second-order valence-electron chi connectivity index (χ2n) is 4.01. The smallest absolute Gasteiger partial charge is 0.266 e. The lowest BCUT2D eigenvalue weighted by Gasteiger charge is -2.11. The van der Waals surface area contributed by atoms with E-state index in [1.165, 1.54) is 11.8 Å². The molecular formula is C14H15NO3S2. The van der Waals surface area contributed by atoms with Crippen molar-refractivity contribution in [1.29, 1.82) is 0 Å². The molecule has 6 heteroatoms. The number of thioether (sulfide) groups is 1. The number of carbonyl (C=O) groups is 1. The lowest BCUT2D eigenvalue weighted by Crippen LogP contribution is -2.27. The first-order valence-corrected chi connectivity index (χ1v) is 7.31. The number of hydrogen-bond donors (Lipinski definition) is 0. The predicted molar refractivity (Wildman–Crippen MR) is 85.1 cm³/mol. The first kappa shape index (κ1) is 14.9. The number of benzene rings is 1. The minimum absolute atomic E-state index is 0.0626. The van der Waals surface area contributed by atoms with Gasteiger partial charge in [-0.25, -0.2) is 0 Å². The average Bonchev–Trinajstić information content (AvgIpc) is 2.72. The van der Waals surface area contributed by atoms with Crippen molar-refractivity contribution in [2.24, 2.45) is 0 Å². The maximum Gasteiger partial charge on any atom is 0.266 e. The summed E-state index contributed by atoms with van der Waals surface area (Å²) in [5.74, 6) is 1.18. The molecule has 1 aromatic carbocycles. The van der Waals surface area contributed by atoms with Crippen LogP contribution in [0.25, 0.3) is 6.08 Å². The first-order chi connectivity index (χ1) is 9.62. The fourth-order valence-electron chi connectivity index (χ4n) is 1.94. The normalized spacial score (nSPS) is 16.9. The number of thiocarbonyl (C=S) groups is 1. The maximum atomic E-state index is 12.2. The second-order valence-corrected chi connectivity index (χ2v) is 5.68. The molecule has 4 nitrogen and oxygen atoms in total. The molecule has 0 unspecified atom stereocenters. The van der Waals surface area contributed by atoms with Gasteiger partial charge < -0.3 is 9.47 Å². The van der Waals surface area contributed by atoms with Crippen LogP contribution in [0.5, 0.6) is 11.5 Å². The van der Waals surface area contributed by atoms with Crippen molar-refractivity contribution in [3.8, 4) is 11.5 Å². The molecule has 0 radical (unpaired) electrons. The Hall–Kier alpha value is -1.53. The lowest BCUT2D eigenvalue weighted by molar-refractivity contribution is -0.121. The zero-order valence-corrected chi connectivity index (χ0v) is 13.1. The summed E-state index contributed by atoms with van der Waals surface area (Å²) in [7, 11) is 3.16. The van der Waals surface area contributed by atoms with Crippen LogP contribution in [-0.4, -0.2) is 35.9 Å². The predicted octanol–water partition coefficient (Wildman–Crippen LogP) is 2.92. The van der Waals surface area contributed by atoms with Crippen molar-refractivity contribution < 1.29 is 14.3 Å². The topological polar surface area (TPSA) is 38.8 Å². The number of nitrogens with zero attached hydrogens (tertiary/aromatic N) is 1. The van der Waals surface area contributed by atoms with E-state index in [-0.39, 0.29) is 5.91 Å². The molecule has 1 aliphatic rings. The summed E-state index contributed by atoms with van der Waals surface area (Å²) in [6.07, 6.45) is 1.79. The molecule has 2 rings (SSSR count). The SMILES string of the molecule is CCN1C(=O)C(=Cc2cccc(OC)c2OC)SC1=S. The molecule has 1 aliphatic heterocycles. The van der Waals surface area contributed by atoms with Crippen LogP contribution < -0.4 is 9.47 Å². The number of para-hydroxylation sites is 1. The van der Waals surface area contributed by atoms with E-state index in [9.17, 15) is 4.79 Å². The van der Waals surface area contributed by atoms with E-state index >= 15 is 0 Å². The number of methoxy groups -OCH3 is 2. The van der Waals surface area contributed by atoms with Gasteiger partial charge in [-0.3, -0.25) is 9.69 Å². The molecule has 0 aliphatic carbocycles. The Morgan fingerprint density at radius 2 is 2.10 bits per heavy atom. The van der Waals surface area contributed by atoms with E-state index in [2.05, 4.69) is 0 Å². The van der Waals surface area contributed by atoms with E-state index in [0.717, 1.165) is 5.56 Å². The van der Waals surface area contributed by atoms with Gasteiger partial charge in [0.05, 0.1) is 19.1 Å². The van der Waals surface area contributed by atoms with Gasteiger partial charge in [-0.15, -0.1) is 0 Å². The van der Waals surface area contributed by atoms with E-state index in [0.29, 0.717) is 27.3 Å². The van der Waals surface area contributed by atoms with Gasteiger partial charge in [0.15, 0.2) is 11.5 Å². The minimum Gasteiger partial charge on any atom is -0.493 e.